The minimum absolute atomic E-state index is 0.126. The number of aryl methyl sites for hydroxylation is 1. The molecule has 122 valence electrons. The van der Waals surface area contributed by atoms with Crippen LogP contribution in [-0.4, -0.2) is 21.2 Å². The number of carboxylic acids is 1. The maximum Gasteiger partial charge on any atom is 0.336 e. The summed E-state index contributed by atoms with van der Waals surface area (Å²) >= 11 is 0. The molecule has 0 amide bonds. The first-order chi connectivity index (χ1) is 12.1. The van der Waals surface area contributed by atoms with Crippen molar-refractivity contribution in [3.63, 3.8) is 0 Å². The number of aromatic nitrogens is 2. The van der Waals surface area contributed by atoms with Crippen LogP contribution < -0.4 is 0 Å². The molecule has 0 saturated heterocycles. The summed E-state index contributed by atoms with van der Waals surface area (Å²) < 4.78 is 5.36. The van der Waals surface area contributed by atoms with Gasteiger partial charge in [-0.1, -0.05) is 65.3 Å². The van der Waals surface area contributed by atoms with Gasteiger partial charge in [-0.05, 0) is 13.0 Å². The molecule has 0 spiro atoms. The van der Waals surface area contributed by atoms with Crippen LogP contribution in [0.25, 0.3) is 33.6 Å². The van der Waals surface area contributed by atoms with E-state index in [1.54, 1.807) is 6.07 Å². The second-order valence-electron chi connectivity index (χ2n) is 5.80. The van der Waals surface area contributed by atoms with Crippen LogP contribution in [0.3, 0.4) is 0 Å². The number of aromatic carboxylic acids is 1. The molecule has 4 aromatic rings. The summed E-state index contributed by atoms with van der Waals surface area (Å²) in [6.07, 6.45) is 0. The number of hydrogen-bond acceptors (Lipinski definition) is 4. The van der Waals surface area contributed by atoms with E-state index >= 15 is 0 Å². The summed E-state index contributed by atoms with van der Waals surface area (Å²) in [6.45, 7) is 1.99. The van der Waals surface area contributed by atoms with E-state index in [2.05, 4.69) is 10.1 Å². The van der Waals surface area contributed by atoms with Crippen molar-refractivity contribution in [2.45, 2.75) is 6.92 Å². The standard InChI is InChI=1S/C20H14N2O3/c1-12-7-9-13(10-8-12)16-11-15(20(23)24)17-18(22-25-19(17)21-16)14-5-3-2-4-6-14/h2-11H,1H3,(H,23,24). The Bertz CT molecular complexity index is 1070. The summed E-state index contributed by atoms with van der Waals surface area (Å²) in [6, 6.07) is 18.6. The fourth-order valence-electron chi connectivity index (χ4n) is 2.79. The van der Waals surface area contributed by atoms with Crippen LogP contribution in [0.15, 0.2) is 65.2 Å². The topological polar surface area (TPSA) is 76.2 Å². The fraction of sp³-hybridized carbons (Fsp3) is 0.0500. The van der Waals surface area contributed by atoms with Gasteiger partial charge in [0.2, 0.25) is 0 Å². The first kappa shape index (κ1) is 15.1. The lowest BCUT2D eigenvalue weighted by Crippen LogP contribution is -2.00. The van der Waals surface area contributed by atoms with Gasteiger partial charge in [-0.25, -0.2) is 9.78 Å². The monoisotopic (exact) mass is 330 g/mol. The minimum Gasteiger partial charge on any atom is -0.478 e. The van der Waals surface area contributed by atoms with Crippen LogP contribution in [-0.2, 0) is 0 Å². The van der Waals surface area contributed by atoms with E-state index in [1.807, 2.05) is 61.5 Å². The molecule has 0 saturated carbocycles. The molecule has 2 heterocycles. The first-order valence-corrected chi connectivity index (χ1v) is 7.79. The highest BCUT2D eigenvalue weighted by atomic mass is 16.5. The van der Waals surface area contributed by atoms with Gasteiger partial charge in [0.25, 0.3) is 5.71 Å². The number of carboxylic acid groups (broad SMARTS) is 1. The lowest BCUT2D eigenvalue weighted by Gasteiger charge is -2.05. The number of nitrogens with zero attached hydrogens (tertiary/aromatic N) is 2. The quantitative estimate of drug-likeness (QED) is 0.596. The van der Waals surface area contributed by atoms with Crippen LogP contribution in [0.5, 0.6) is 0 Å². The Balaban J connectivity index is 1.97. The molecule has 0 atom stereocenters. The largest absolute Gasteiger partial charge is 0.478 e. The predicted octanol–water partition coefficient (Wildman–Crippen LogP) is 4.56. The number of rotatable bonds is 3. The molecule has 5 nitrogen and oxygen atoms in total. The summed E-state index contributed by atoms with van der Waals surface area (Å²) in [5, 5.41) is 14.2. The summed E-state index contributed by atoms with van der Waals surface area (Å²) in [5.74, 6) is -1.04. The summed E-state index contributed by atoms with van der Waals surface area (Å²) in [7, 11) is 0. The molecule has 2 aromatic carbocycles. The van der Waals surface area contributed by atoms with E-state index in [9.17, 15) is 9.90 Å². The highest BCUT2D eigenvalue weighted by molar-refractivity contribution is 6.07. The maximum absolute atomic E-state index is 11.8. The summed E-state index contributed by atoms with van der Waals surface area (Å²) in [5.41, 5.74) is 4.10. The Morgan fingerprint density at radius 2 is 1.72 bits per heavy atom. The van der Waals surface area contributed by atoms with Crippen LogP contribution in [0.2, 0.25) is 0 Å². The van der Waals surface area contributed by atoms with Crippen molar-refractivity contribution in [1.82, 2.24) is 10.1 Å². The van der Waals surface area contributed by atoms with Crippen molar-refractivity contribution in [1.29, 1.82) is 0 Å². The fourth-order valence-corrected chi connectivity index (χ4v) is 2.79. The van der Waals surface area contributed by atoms with Gasteiger partial charge < -0.3 is 9.63 Å². The summed E-state index contributed by atoms with van der Waals surface area (Å²) in [4.78, 5) is 16.3. The van der Waals surface area contributed by atoms with Crippen molar-refractivity contribution in [2.24, 2.45) is 0 Å². The van der Waals surface area contributed by atoms with Crippen LogP contribution >= 0.6 is 0 Å². The molecule has 1 N–H and O–H groups in total. The Kier molecular flexibility index (Phi) is 3.54. The second kappa shape index (κ2) is 5.87. The predicted molar refractivity (Wildman–Crippen MR) is 94.4 cm³/mol. The van der Waals surface area contributed by atoms with Gasteiger partial charge in [0.1, 0.15) is 5.69 Å². The van der Waals surface area contributed by atoms with Crippen molar-refractivity contribution >= 4 is 17.1 Å². The van der Waals surface area contributed by atoms with Crippen LogP contribution in [0.4, 0.5) is 0 Å². The molecule has 0 unspecified atom stereocenters. The zero-order valence-electron chi connectivity index (χ0n) is 13.4. The average Bonchev–Trinajstić information content (AvgIpc) is 3.06. The first-order valence-electron chi connectivity index (χ1n) is 7.79. The second-order valence-corrected chi connectivity index (χ2v) is 5.80. The van der Waals surface area contributed by atoms with Gasteiger partial charge in [-0.3, -0.25) is 0 Å². The third-order valence-corrected chi connectivity index (χ3v) is 4.07. The number of hydrogen-bond donors (Lipinski definition) is 1. The molecule has 0 aliphatic rings. The molecule has 0 bridgehead atoms. The van der Waals surface area contributed by atoms with E-state index in [1.165, 1.54) is 0 Å². The molecule has 0 radical (unpaired) electrons. The molecule has 0 fully saturated rings. The third kappa shape index (κ3) is 2.65. The van der Waals surface area contributed by atoms with Crippen molar-refractivity contribution in [2.75, 3.05) is 0 Å². The van der Waals surface area contributed by atoms with Crippen molar-refractivity contribution < 1.29 is 14.4 Å². The van der Waals surface area contributed by atoms with E-state index in [-0.39, 0.29) is 11.3 Å². The van der Waals surface area contributed by atoms with Gasteiger partial charge in [-0.15, -0.1) is 0 Å². The van der Waals surface area contributed by atoms with Crippen molar-refractivity contribution in [3.8, 4) is 22.5 Å². The molecule has 5 heteroatoms. The molecule has 2 aromatic heterocycles. The van der Waals surface area contributed by atoms with E-state index < -0.39 is 5.97 Å². The van der Waals surface area contributed by atoms with E-state index in [0.717, 1.165) is 16.7 Å². The Morgan fingerprint density at radius 3 is 2.40 bits per heavy atom. The number of benzene rings is 2. The Labute approximate surface area is 143 Å². The number of pyridine rings is 1. The molecule has 25 heavy (non-hydrogen) atoms. The number of fused-ring (bicyclic) bond motifs is 1. The average molecular weight is 330 g/mol. The SMILES string of the molecule is Cc1ccc(-c2cc(C(=O)O)c3c(-c4ccccc4)noc3n2)cc1. The number of carbonyl (C=O) groups is 1. The van der Waals surface area contributed by atoms with Gasteiger partial charge in [0, 0.05) is 11.1 Å². The third-order valence-electron chi connectivity index (χ3n) is 4.07. The minimum atomic E-state index is -1.04. The van der Waals surface area contributed by atoms with E-state index in [0.29, 0.717) is 16.8 Å². The highest BCUT2D eigenvalue weighted by Gasteiger charge is 2.21. The lowest BCUT2D eigenvalue weighted by atomic mass is 10.0. The zero-order chi connectivity index (χ0) is 17.4. The molecule has 0 aliphatic heterocycles. The lowest BCUT2D eigenvalue weighted by molar-refractivity contribution is 0.0699. The smallest absolute Gasteiger partial charge is 0.336 e. The highest BCUT2D eigenvalue weighted by Crippen LogP contribution is 2.32. The van der Waals surface area contributed by atoms with Crippen LogP contribution in [0, 0.1) is 6.92 Å². The van der Waals surface area contributed by atoms with Gasteiger partial charge in [0.15, 0.2) is 0 Å². The van der Waals surface area contributed by atoms with Crippen LogP contribution in [0.1, 0.15) is 15.9 Å². The molecule has 4 rings (SSSR count). The Hall–Kier alpha value is -3.47. The van der Waals surface area contributed by atoms with Crippen molar-refractivity contribution in [3.05, 3.63) is 71.8 Å². The van der Waals surface area contributed by atoms with Gasteiger partial charge >= 0.3 is 5.97 Å². The normalized spacial score (nSPS) is 10.9. The Morgan fingerprint density at radius 1 is 1.00 bits per heavy atom. The van der Waals surface area contributed by atoms with Gasteiger partial charge in [0.05, 0.1) is 16.6 Å². The van der Waals surface area contributed by atoms with Gasteiger partial charge in [-0.2, -0.15) is 0 Å². The molecular formula is C20H14N2O3. The molecule has 0 aliphatic carbocycles. The van der Waals surface area contributed by atoms with E-state index in [4.69, 9.17) is 4.52 Å². The molecular weight excluding hydrogens is 316 g/mol. The maximum atomic E-state index is 11.8. The zero-order valence-corrected chi connectivity index (χ0v) is 13.4.